The van der Waals surface area contributed by atoms with Crippen molar-refractivity contribution in [2.24, 2.45) is 0 Å². The van der Waals surface area contributed by atoms with Gasteiger partial charge in [0.2, 0.25) is 0 Å². The number of carbonyl (C=O) groups is 1. The van der Waals surface area contributed by atoms with Crippen molar-refractivity contribution in [2.45, 2.75) is 129 Å². The van der Waals surface area contributed by atoms with Crippen molar-refractivity contribution in [3.8, 4) is 0 Å². The van der Waals surface area contributed by atoms with Gasteiger partial charge in [0.25, 0.3) is 5.91 Å². The molecule has 1 saturated heterocycles. The van der Waals surface area contributed by atoms with Crippen LogP contribution in [0.5, 0.6) is 0 Å². The second-order valence-corrected chi connectivity index (χ2v) is 11.1. The summed E-state index contributed by atoms with van der Waals surface area (Å²) in [6.07, 6.45) is 17.3. The summed E-state index contributed by atoms with van der Waals surface area (Å²) >= 11 is 0. The zero-order valence-corrected chi connectivity index (χ0v) is 21.7. The average Bonchev–Trinajstić information content (AvgIpc) is 2.73. The van der Waals surface area contributed by atoms with Crippen molar-refractivity contribution >= 4 is 5.91 Å². The molecule has 1 aliphatic heterocycles. The normalized spacial score (nSPS) is 17.5. The molecule has 0 atom stereocenters. The summed E-state index contributed by atoms with van der Waals surface area (Å²) in [6.45, 7) is 11.9. The number of hydrogen-bond acceptors (Lipinski definition) is 2. The number of carbonyl (C=O) groups excluding carboxylic acids is 1. The highest BCUT2D eigenvalue weighted by atomic mass is 16.5. The quantitative estimate of drug-likeness (QED) is 0.273. The number of morpholine rings is 1. The van der Waals surface area contributed by atoms with Gasteiger partial charge >= 0.3 is 0 Å². The van der Waals surface area contributed by atoms with E-state index in [0.29, 0.717) is 13.2 Å². The van der Waals surface area contributed by atoms with Crippen molar-refractivity contribution in [2.75, 3.05) is 13.2 Å². The zero-order valence-electron chi connectivity index (χ0n) is 21.7. The number of aryl methyl sites for hydroxylation is 1. The largest absolute Gasteiger partial charge is 0.377 e. The van der Waals surface area contributed by atoms with Gasteiger partial charge in [-0.15, -0.1) is 0 Å². The Morgan fingerprint density at radius 1 is 0.781 bits per heavy atom. The maximum atomic E-state index is 13.6. The van der Waals surface area contributed by atoms with Gasteiger partial charge in [-0.25, -0.2) is 0 Å². The Labute approximate surface area is 198 Å². The van der Waals surface area contributed by atoms with Gasteiger partial charge in [0.05, 0.1) is 24.3 Å². The van der Waals surface area contributed by atoms with Crippen LogP contribution in [0.15, 0.2) is 24.3 Å². The second-order valence-electron chi connectivity index (χ2n) is 11.1. The standard InChI is InChI=1S/C29H49NO2/c1-6-7-8-9-10-11-12-13-14-15-16-17-20-25-21-18-19-22-26(25)27(31)30-28(2,3)23-32-24-29(30,4)5/h18-19,21-22H,6-17,20,23-24H2,1-5H3. The lowest BCUT2D eigenvalue weighted by Gasteiger charge is -2.52. The highest BCUT2D eigenvalue weighted by Gasteiger charge is 2.45. The van der Waals surface area contributed by atoms with Crippen molar-refractivity contribution in [3.63, 3.8) is 0 Å². The minimum atomic E-state index is -0.304. The molecule has 0 saturated carbocycles. The molecule has 0 N–H and O–H groups in total. The molecular formula is C29H49NO2. The third-order valence-electron chi connectivity index (χ3n) is 6.87. The predicted octanol–water partition coefficient (Wildman–Crippen LogP) is 7.96. The summed E-state index contributed by atoms with van der Waals surface area (Å²) in [5.41, 5.74) is 1.46. The van der Waals surface area contributed by atoms with E-state index in [1.165, 1.54) is 76.2 Å². The van der Waals surface area contributed by atoms with E-state index < -0.39 is 0 Å². The van der Waals surface area contributed by atoms with Crippen LogP contribution in [0.4, 0.5) is 0 Å². The van der Waals surface area contributed by atoms with Gasteiger partial charge < -0.3 is 9.64 Å². The third-order valence-corrected chi connectivity index (χ3v) is 6.87. The third kappa shape index (κ3) is 8.21. The maximum absolute atomic E-state index is 13.6. The lowest BCUT2D eigenvalue weighted by atomic mass is 9.89. The van der Waals surface area contributed by atoms with Crippen molar-refractivity contribution in [3.05, 3.63) is 35.4 Å². The Morgan fingerprint density at radius 2 is 1.25 bits per heavy atom. The number of hydrogen-bond donors (Lipinski definition) is 0. The Hall–Kier alpha value is -1.35. The number of benzene rings is 1. The molecule has 1 aromatic carbocycles. The molecule has 1 heterocycles. The molecule has 0 aliphatic carbocycles. The molecule has 1 fully saturated rings. The van der Waals surface area contributed by atoms with E-state index in [4.69, 9.17) is 4.74 Å². The first-order chi connectivity index (χ1) is 15.3. The molecule has 3 nitrogen and oxygen atoms in total. The Kier molecular flexibility index (Phi) is 11.2. The van der Waals surface area contributed by atoms with E-state index in [1.807, 2.05) is 12.1 Å². The van der Waals surface area contributed by atoms with Gasteiger partial charge in [-0.1, -0.05) is 95.8 Å². The van der Waals surface area contributed by atoms with Gasteiger partial charge in [-0.2, -0.15) is 0 Å². The topological polar surface area (TPSA) is 29.5 Å². The zero-order chi connectivity index (χ0) is 23.5. The first-order valence-electron chi connectivity index (χ1n) is 13.3. The summed E-state index contributed by atoms with van der Waals surface area (Å²) in [6, 6.07) is 8.23. The van der Waals surface area contributed by atoms with Gasteiger partial charge in [0.15, 0.2) is 0 Å². The van der Waals surface area contributed by atoms with Crippen molar-refractivity contribution < 1.29 is 9.53 Å². The van der Waals surface area contributed by atoms with E-state index in [2.05, 4.69) is 51.7 Å². The predicted molar refractivity (Wildman–Crippen MR) is 136 cm³/mol. The number of ether oxygens (including phenoxy) is 1. The highest BCUT2D eigenvalue weighted by molar-refractivity contribution is 5.96. The number of nitrogens with zero attached hydrogens (tertiary/aromatic N) is 1. The van der Waals surface area contributed by atoms with Crippen LogP contribution in [-0.4, -0.2) is 35.1 Å². The van der Waals surface area contributed by atoms with E-state index in [1.54, 1.807) is 0 Å². The smallest absolute Gasteiger partial charge is 0.255 e. The lowest BCUT2D eigenvalue weighted by molar-refractivity contribution is -0.104. The number of rotatable bonds is 14. The molecule has 182 valence electrons. The number of amides is 1. The van der Waals surface area contributed by atoms with Crippen LogP contribution in [0.3, 0.4) is 0 Å². The molecule has 0 spiro atoms. The van der Waals surface area contributed by atoms with Gasteiger partial charge in [-0.05, 0) is 52.2 Å². The van der Waals surface area contributed by atoms with E-state index in [0.717, 1.165) is 18.4 Å². The summed E-state index contributed by atoms with van der Waals surface area (Å²) in [5, 5.41) is 0. The van der Waals surface area contributed by atoms with Crippen LogP contribution in [0.2, 0.25) is 0 Å². The molecular weight excluding hydrogens is 394 g/mol. The second kappa shape index (κ2) is 13.4. The summed E-state index contributed by atoms with van der Waals surface area (Å²) in [5.74, 6) is 0.151. The Balaban J connectivity index is 1.76. The van der Waals surface area contributed by atoms with E-state index >= 15 is 0 Å². The molecule has 1 aliphatic rings. The molecule has 32 heavy (non-hydrogen) atoms. The summed E-state index contributed by atoms with van der Waals surface area (Å²) in [4.78, 5) is 15.7. The molecule has 0 radical (unpaired) electrons. The fraction of sp³-hybridized carbons (Fsp3) is 0.759. The first kappa shape index (κ1) is 26.9. The van der Waals surface area contributed by atoms with Crippen LogP contribution in [0.1, 0.15) is 128 Å². The molecule has 0 aromatic heterocycles. The van der Waals surface area contributed by atoms with E-state index in [-0.39, 0.29) is 17.0 Å². The maximum Gasteiger partial charge on any atom is 0.255 e. The average molecular weight is 444 g/mol. The van der Waals surface area contributed by atoms with Gasteiger partial charge in [-0.3, -0.25) is 4.79 Å². The fourth-order valence-corrected chi connectivity index (χ4v) is 5.27. The molecule has 1 aromatic rings. The fourth-order valence-electron chi connectivity index (χ4n) is 5.27. The molecule has 2 rings (SSSR count). The van der Waals surface area contributed by atoms with Crippen LogP contribution >= 0.6 is 0 Å². The van der Waals surface area contributed by atoms with Crippen molar-refractivity contribution in [1.82, 2.24) is 4.90 Å². The Bertz CT molecular complexity index is 663. The van der Waals surface area contributed by atoms with Gasteiger partial charge in [0, 0.05) is 5.56 Å². The monoisotopic (exact) mass is 443 g/mol. The lowest BCUT2D eigenvalue weighted by Crippen LogP contribution is -2.65. The summed E-state index contributed by atoms with van der Waals surface area (Å²) in [7, 11) is 0. The van der Waals surface area contributed by atoms with Crippen LogP contribution in [-0.2, 0) is 11.2 Å². The van der Waals surface area contributed by atoms with Crippen LogP contribution in [0.25, 0.3) is 0 Å². The Morgan fingerprint density at radius 3 is 1.78 bits per heavy atom. The molecule has 0 unspecified atom stereocenters. The highest BCUT2D eigenvalue weighted by Crippen LogP contribution is 2.33. The molecule has 1 amide bonds. The van der Waals surface area contributed by atoms with Crippen molar-refractivity contribution in [1.29, 1.82) is 0 Å². The minimum Gasteiger partial charge on any atom is -0.377 e. The number of unbranched alkanes of at least 4 members (excludes halogenated alkanes) is 11. The minimum absolute atomic E-state index is 0.151. The summed E-state index contributed by atoms with van der Waals surface area (Å²) < 4.78 is 5.80. The molecule has 0 bridgehead atoms. The van der Waals surface area contributed by atoms with Crippen LogP contribution < -0.4 is 0 Å². The van der Waals surface area contributed by atoms with E-state index in [9.17, 15) is 4.79 Å². The molecule has 3 heteroatoms. The first-order valence-corrected chi connectivity index (χ1v) is 13.3. The SMILES string of the molecule is CCCCCCCCCCCCCCc1ccccc1C(=O)N1C(C)(C)COCC1(C)C. The van der Waals surface area contributed by atoms with Gasteiger partial charge in [0.1, 0.15) is 0 Å². The van der Waals surface area contributed by atoms with Crippen LogP contribution in [0, 0.1) is 0 Å².